The highest BCUT2D eigenvalue weighted by Crippen LogP contribution is 2.46. The number of hydrogen-bond donors (Lipinski definition) is 1. The summed E-state index contributed by atoms with van der Waals surface area (Å²) in [6.07, 6.45) is 8.49. The molecule has 0 saturated heterocycles. The Balaban J connectivity index is 1.92. The minimum atomic E-state index is -0.0957. The van der Waals surface area contributed by atoms with Crippen LogP contribution in [0.5, 0.6) is 0 Å². The van der Waals surface area contributed by atoms with E-state index in [1.807, 2.05) is 11.3 Å². The fourth-order valence-electron chi connectivity index (χ4n) is 3.82. The molecule has 0 aliphatic heterocycles. The van der Waals surface area contributed by atoms with Gasteiger partial charge in [0.15, 0.2) is 0 Å². The Bertz CT molecular complexity index is 477. The highest BCUT2D eigenvalue weighted by atomic mass is 32.1. The first kappa shape index (κ1) is 15.4. The summed E-state index contributed by atoms with van der Waals surface area (Å²) in [6, 6.07) is 0.444. The van der Waals surface area contributed by atoms with E-state index < -0.39 is 0 Å². The van der Waals surface area contributed by atoms with E-state index in [9.17, 15) is 0 Å². The molecular formula is C17H28N2OS. The van der Waals surface area contributed by atoms with E-state index in [0.717, 1.165) is 25.4 Å². The van der Waals surface area contributed by atoms with Gasteiger partial charge in [-0.25, -0.2) is 4.98 Å². The van der Waals surface area contributed by atoms with Crippen molar-refractivity contribution in [1.29, 1.82) is 0 Å². The van der Waals surface area contributed by atoms with E-state index in [2.05, 4.69) is 26.2 Å². The maximum Gasteiger partial charge on any atom is 0.125 e. The van der Waals surface area contributed by atoms with Gasteiger partial charge >= 0.3 is 0 Å². The average Bonchev–Trinajstić information content (AvgIpc) is 2.94. The fraction of sp³-hybridized carbons (Fsp3) is 0.824. The molecule has 1 atom stereocenters. The first-order valence-electron chi connectivity index (χ1n) is 8.50. The predicted molar refractivity (Wildman–Crippen MR) is 87.8 cm³/mol. The van der Waals surface area contributed by atoms with E-state index in [1.54, 1.807) is 0 Å². The molecule has 0 spiro atoms. The van der Waals surface area contributed by atoms with Crippen molar-refractivity contribution in [2.45, 2.75) is 70.4 Å². The maximum atomic E-state index is 6.28. The van der Waals surface area contributed by atoms with Crippen LogP contribution in [-0.4, -0.2) is 18.6 Å². The molecule has 3 nitrogen and oxygen atoms in total. The SMILES string of the molecule is CCOC1(c2nc3c(s2)CCCC3NC)CCC(C)CC1. The van der Waals surface area contributed by atoms with Crippen molar-refractivity contribution in [2.24, 2.45) is 5.92 Å². The molecule has 0 amide bonds. The minimum Gasteiger partial charge on any atom is -0.368 e. The second-order valence-corrected chi connectivity index (χ2v) is 7.75. The lowest BCUT2D eigenvalue weighted by Gasteiger charge is -2.37. The third-order valence-corrected chi connectivity index (χ3v) is 6.51. The molecule has 2 aliphatic rings. The summed E-state index contributed by atoms with van der Waals surface area (Å²) < 4.78 is 6.28. The van der Waals surface area contributed by atoms with Gasteiger partial charge in [0.25, 0.3) is 0 Å². The third-order valence-electron chi connectivity index (χ3n) is 5.20. The van der Waals surface area contributed by atoms with Crippen LogP contribution in [-0.2, 0) is 16.8 Å². The summed E-state index contributed by atoms with van der Waals surface area (Å²) in [4.78, 5) is 6.57. The number of aryl methyl sites for hydroxylation is 1. The van der Waals surface area contributed by atoms with Crippen molar-refractivity contribution >= 4 is 11.3 Å². The Morgan fingerprint density at radius 1 is 1.33 bits per heavy atom. The second kappa shape index (κ2) is 6.35. The van der Waals surface area contributed by atoms with Crippen molar-refractivity contribution in [1.82, 2.24) is 10.3 Å². The Kier molecular flexibility index (Phi) is 4.67. The highest BCUT2D eigenvalue weighted by molar-refractivity contribution is 7.11. The van der Waals surface area contributed by atoms with Crippen LogP contribution >= 0.6 is 11.3 Å². The molecule has 1 aromatic heterocycles. The monoisotopic (exact) mass is 308 g/mol. The number of nitrogens with one attached hydrogen (secondary N) is 1. The van der Waals surface area contributed by atoms with Crippen LogP contribution in [0.1, 0.15) is 74.0 Å². The topological polar surface area (TPSA) is 34.1 Å². The van der Waals surface area contributed by atoms with Crippen molar-refractivity contribution < 1.29 is 4.74 Å². The number of ether oxygens (including phenoxy) is 1. The van der Waals surface area contributed by atoms with Crippen molar-refractivity contribution in [2.75, 3.05) is 13.7 Å². The van der Waals surface area contributed by atoms with Crippen LogP contribution in [0.25, 0.3) is 0 Å². The largest absolute Gasteiger partial charge is 0.368 e. The molecule has 0 bridgehead atoms. The van der Waals surface area contributed by atoms with Crippen molar-refractivity contribution in [3.63, 3.8) is 0 Å². The standard InChI is InChI=1S/C17H28N2OS/c1-4-20-17(10-8-12(2)9-11-17)16-19-15-13(18-3)6-5-7-14(15)21-16/h12-13,18H,4-11H2,1-3H3. The first-order valence-corrected chi connectivity index (χ1v) is 9.31. The van der Waals surface area contributed by atoms with E-state index in [1.165, 1.54) is 47.7 Å². The molecule has 1 saturated carbocycles. The quantitative estimate of drug-likeness (QED) is 0.906. The lowest BCUT2D eigenvalue weighted by Crippen LogP contribution is -2.34. The summed E-state index contributed by atoms with van der Waals surface area (Å²) in [5, 5.41) is 4.68. The van der Waals surface area contributed by atoms with Gasteiger partial charge in [0, 0.05) is 11.5 Å². The van der Waals surface area contributed by atoms with Gasteiger partial charge in [0.1, 0.15) is 10.6 Å². The average molecular weight is 308 g/mol. The van der Waals surface area contributed by atoms with Crippen molar-refractivity contribution in [3.05, 3.63) is 15.6 Å². The third kappa shape index (κ3) is 2.90. The zero-order chi connectivity index (χ0) is 14.9. The summed E-state index contributed by atoms with van der Waals surface area (Å²) in [5.74, 6) is 0.832. The zero-order valence-electron chi connectivity index (χ0n) is 13.6. The summed E-state index contributed by atoms with van der Waals surface area (Å²) in [6.45, 7) is 5.26. The molecular weight excluding hydrogens is 280 g/mol. The molecule has 1 fully saturated rings. The molecule has 21 heavy (non-hydrogen) atoms. The molecule has 1 aromatic rings. The Morgan fingerprint density at radius 3 is 2.76 bits per heavy atom. The van der Waals surface area contributed by atoms with E-state index in [0.29, 0.717) is 6.04 Å². The van der Waals surface area contributed by atoms with Gasteiger partial charge in [-0.15, -0.1) is 11.3 Å². The van der Waals surface area contributed by atoms with Crippen LogP contribution in [0, 0.1) is 5.92 Å². The normalized spacial score (nSPS) is 32.9. The van der Waals surface area contributed by atoms with Gasteiger partial charge in [0.05, 0.1) is 11.7 Å². The highest BCUT2D eigenvalue weighted by Gasteiger charge is 2.40. The Morgan fingerprint density at radius 2 is 2.10 bits per heavy atom. The van der Waals surface area contributed by atoms with Crippen LogP contribution in [0.15, 0.2) is 0 Å². The number of hydrogen-bond acceptors (Lipinski definition) is 4. The number of nitrogens with zero attached hydrogens (tertiary/aromatic N) is 1. The van der Waals surface area contributed by atoms with Gasteiger partial charge in [-0.1, -0.05) is 6.92 Å². The molecule has 118 valence electrons. The molecule has 4 heteroatoms. The van der Waals surface area contributed by atoms with Gasteiger partial charge in [0.2, 0.25) is 0 Å². The maximum absolute atomic E-state index is 6.28. The molecule has 1 unspecified atom stereocenters. The number of rotatable bonds is 4. The minimum absolute atomic E-state index is 0.0957. The molecule has 1 heterocycles. The van der Waals surface area contributed by atoms with Gasteiger partial charge in [-0.05, 0) is 64.8 Å². The molecule has 2 aliphatic carbocycles. The second-order valence-electron chi connectivity index (χ2n) is 6.67. The lowest BCUT2D eigenvalue weighted by atomic mass is 9.79. The van der Waals surface area contributed by atoms with Crippen LogP contribution < -0.4 is 5.32 Å². The molecule has 3 rings (SSSR count). The number of aromatic nitrogens is 1. The zero-order valence-corrected chi connectivity index (χ0v) is 14.4. The first-order chi connectivity index (χ1) is 10.2. The van der Waals surface area contributed by atoms with Crippen LogP contribution in [0.3, 0.4) is 0 Å². The predicted octanol–water partition coefficient (Wildman–Crippen LogP) is 4.18. The lowest BCUT2D eigenvalue weighted by molar-refractivity contribution is -0.0777. The van der Waals surface area contributed by atoms with Crippen LogP contribution in [0.2, 0.25) is 0 Å². The number of fused-ring (bicyclic) bond motifs is 1. The summed E-state index contributed by atoms with van der Waals surface area (Å²) in [5.41, 5.74) is 1.21. The summed E-state index contributed by atoms with van der Waals surface area (Å²) >= 11 is 1.92. The Hall–Kier alpha value is -0.450. The van der Waals surface area contributed by atoms with Gasteiger partial charge in [-0.3, -0.25) is 0 Å². The van der Waals surface area contributed by atoms with Crippen molar-refractivity contribution in [3.8, 4) is 0 Å². The van der Waals surface area contributed by atoms with E-state index >= 15 is 0 Å². The number of thiazole rings is 1. The van der Waals surface area contributed by atoms with E-state index in [-0.39, 0.29) is 5.60 Å². The van der Waals surface area contributed by atoms with Gasteiger partial charge < -0.3 is 10.1 Å². The molecule has 0 radical (unpaired) electrons. The Labute approximate surface area is 132 Å². The van der Waals surface area contributed by atoms with Gasteiger partial charge in [-0.2, -0.15) is 0 Å². The molecule has 0 aromatic carbocycles. The fourth-order valence-corrected chi connectivity index (χ4v) is 5.18. The van der Waals surface area contributed by atoms with E-state index in [4.69, 9.17) is 9.72 Å². The summed E-state index contributed by atoms with van der Waals surface area (Å²) in [7, 11) is 2.05. The van der Waals surface area contributed by atoms with Crippen LogP contribution in [0.4, 0.5) is 0 Å². The smallest absolute Gasteiger partial charge is 0.125 e. The molecule has 1 N–H and O–H groups in total.